The summed E-state index contributed by atoms with van der Waals surface area (Å²) in [5.74, 6) is -0.533. The van der Waals surface area contributed by atoms with Gasteiger partial charge in [-0.25, -0.2) is 0 Å². The van der Waals surface area contributed by atoms with Crippen LogP contribution in [0.2, 0.25) is 5.02 Å². The highest BCUT2D eigenvalue weighted by Crippen LogP contribution is 2.43. The van der Waals surface area contributed by atoms with E-state index in [9.17, 15) is 22.8 Å². The van der Waals surface area contributed by atoms with Crippen molar-refractivity contribution < 1.29 is 18.0 Å². The van der Waals surface area contributed by atoms with Gasteiger partial charge in [0.25, 0.3) is 5.56 Å². The average molecular weight is 399 g/mol. The van der Waals surface area contributed by atoms with Gasteiger partial charge in [0.15, 0.2) is 0 Å². The largest absolute Gasteiger partial charge is 0.417 e. The van der Waals surface area contributed by atoms with Gasteiger partial charge in [-0.15, -0.1) is 0 Å². The van der Waals surface area contributed by atoms with Crippen molar-refractivity contribution in [2.45, 2.75) is 37.4 Å². The molecule has 0 aliphatic heterocycles. The molecule has 1 N–H and O–H groups in total. The Kier molecular flexibility index (Phi) is 5.33. The molecule has 0 radical (unpaired) electrons. The Morgan fingerprint density at radius 2 is 1.89 bits per heavy atom. The quantitative estimate of drug-likeness (QED) is 0.833. The van der Waals surface area contributed by atoms with E-state index in [0.717, 1.165) is 24.8 Å². The van der Waals surface area contributed by atoms with E-state index in [1.54, 1.807) is 0 Å². The zero-order valence-corrected chi connectivity index (χ0v) is 15.1. The summed E-state index contributed by atoms with van der Waals surface area (Å²) in [6.07, 6.45) is -1.14. The number of halogens is 4. The Bertz CT molecular complexity index is 890. The molecule has 1 aromatic heterocycles. The molecule has 1 heterocycles. The number of carbonyl (C=O) groups excluding carboxylic acids is 1. The van der Waals surface area contributed by atoms with Gasteiger partial charge < -0.3 is 9.88 Å². The molecule has 27 heavy (non-hydrogen) atoms. The fourth-order valence-corrected chi connectivity index (χ4v) is 3.54. The number of rotatable bonds is 5. The molecule has 144 valence electrons. The number of benzene rings is 1. The third kappa shape index (κ3) is 4.18. The van der Waals surface area contributed by atoms with E-state index >= 15 is 0 Å². The molecule has 0 spiro atoms. The van der Waals surface area contributed by atoms with Gasteiger partial charge >= 0.3 is 6.18 Å². The number of nitrogens with zero attached hydrogens (tertiary/aromatic N) is 1. The first-order chi connectivity index (χ1) is 12.7. The van der Waals surface area contributed by atoms with E-state index in [0.29, 0.717) is 23.4 Å². The first kappa shape index (κ1) is 19.5. The molecule has 1 fully saturated rings. The highest BCUT2D eigenvalue weighted by atomic mass is 35.5. The predicted octanol–water partition coefficient (Wildman–Crippen LogP) is 3.76. The summed E-state index contributed by atoms with van der Waals surface area (Å²) in [6, 6.07) is 10.4. The molecule has 1 saturated carbocycles. The number of pyridine rings is 1. The molecular weight excluding hydrogens is 381 g/mol. The summed E-state index contributed by atoms with van der Waals surface area (Å²) >= 11 is 5.60. The highest BCUT2D eigenvalue weighted by molar-refractivity contribution is 6.30. The fourth-order valence-electron chi connectivity index (χ4n) is 3.31. The third-order valence-electron chi connectivity index (χ3n) is 5.00. The molecule has 0 atom stereocenters. The van der Waals surface area contributed by atoms with Crippen LogP contribution in [0.5, 0.6) is 0 Å². The summed E-state index contributed by atoms with van der Waals surface area (Å²) in [5.41, 5.74) is -0.940. The van der Waals surface area contributed by atoms with Gasteiger partial charge in [0.05, 0.1) is 5.56 Å². The maximum atomic E-state index is 12.9. The van der Waals surface area contributed by atoms with Crippen LogP contribution < -0.4 is 10.9 Å². The van der Waals surface area contributed by atoms with Crippen LogP contribution in [-0.2, 0) is 22.9 Å². The molecular formula is C19H18ClF3N2O2. The summed E-state index contributed by atoms with van der Waals surface area (Å²) in [7, 11) is 0. The second-order valence-electron chi connectivity index (χ2n) is 6.78. The lowest BCUT2D eigenvalue weighted by molar-refractivity contribution is -0.138. The van der Waals surface area contributed by atoms with Crippen LogP contribution in [0.3, 0.4) is 0 Å². The number of nitrogens with one attached hydrogen (secondary N) is 1. The van der Waals surface area contributed by atoms with Crippen molar-refractivity contribution >= 4 is 17.5 Å². The van der Waals surface area contributed by atoms with Gasteiger partial charge in [-0.05, 0) is 24.5 Å². The monoisotopic (exact) mass is 398 g/mol. The van der Waals surface area contributed by atoms with Gasteiger partial charge in [-0.3, -0.25) is 9.59 Å². The van der Waals surface area contributed by atoms with Crippen molar-refractivity contribution in [1.29, 1.82) is 0 Å². The minimum absolute atomic E-state index is 0.159. The smallest absolute Gasteiger partial charge is 0.354 e. The summed E-state index contributed by atoms with van der Waals surface area (Å²) in [6.45, 7) is -0.148. The van der Waals surface area contributed by atoms with Crippen LogP contribution in [0.15, 0.2) is 47.4 Å². The van der Waals surface area contributed by atoms with Gasteiger partial charge in [0.2, 0.25) is 5.91 Å². The topological polar surface area (TPSA) is 51.1 Å². The standard InChI is InChI=1S/C19H18ClF3N2O2/c20-15-9-14(19(21,22)23)10-25(17(15)27)11-16(26)24-12-18(7-4-8-18)13-5-2-1-3-6-13/h1-3,5-6,9-10H,4,7-8,11-12H2,(H,24,26). The fraction of sp³-hybridized carbons (Fsp3) is 0.368. The number of hydrogen-bond donors (Lipinski definition) is 1. The maximum absolute atomic E-state index is 12.9. The Labute approximate surface area is 159 Å². The lowest BCUT2D eigenvalue weighted by Crippen LogP contribution is -2.46. The molecule has 1 aliphatic rings. The first-order valence-corrected chi connectivity index (χ1v) is 8.88. The molecule has 4 nitrogen and oxygen atoms in total. The lowest BCUT2D eigenvalue weighted by Gasteiger charge is -2.42. The van der Waals surface area contributed by atoms with Gasteiger partial charge in [0, 0.05) is 18.2 Å². The van der Waals surface area contributed by atoms with E-state index in [1.165, 1.54) is 0 Å². The maximum Gasteiger partial charge on any atom is 0.417 e. The predicted molar refractivity (Wildman–Crippen MR) is 95.7 cm³/mol. The van der Waals surface area contributed by atoms with Crippen LogP contribution in [0.1, 0.15) is 30.4 Å². The molecule has 0 saturated heterocycles. The Morgan fingerprint density at radius 3 is 2.44 bits per heavy atom. The van der Waals surface area contributed by atoms with E-state index in [4.69, 9.17) is 11.6 Å². The summed E-state index contributed by atoms with van der Waals surface area (Å²) < 4.78 is 39.4. The zero-order valence-electron chi connectivity index (χ0n) is 14.4. The Balaban J connectivity index is 1.71. The minimum atomic E-state index is -4.65. The molecule has 2 aromatic rings. The molecule has 0 unspecified atom stereocenters. The zero-order chi connectivity index (χ0) is 19.7. The van der Waals surface area contributed by atoms with E-state index < -0.39 is 34.8 Å². The van der Waals surface area contributed by atoms with Gasteiger partial charge in [-0.1, -0.05) is 48.4 Å². The second-order valence-corrected chi connectivity index (χ2v) is 7.19. The molecule has 3 rings (SSSR count). The molecule has 0 bridgehead atoms. The van der Waals surface area contributed by atoms with Gasteiger partial charge in [-0.2, -0.15) is 13.2 Å². The lowest BCUT2D eigenvalue weighted by atomic mass is 9.64. The van der Waals surface area contributed by atoms with Gasteiger partial charge in [0.1, 0.15) is 11.6 Å². The second kappa shape index (κ2) is 7.38. The van der Waals surface area contributed by atoms with Crippen molar-refractivity contribution in [2.75, 3.05) is 6.54 Å². The van der Waals surface area contributed by atoms with Crippen molar-refractivity contribution in [3.63, 3.8) is 0 Å². The highest BCUT2D eigenvalue weighted by Gasteiger charge is 2.38. The van der Waals surface area contributed by atoms with E-state index in [1.807, 2.05) is 30.3 Å². The number of alkyl halides is 3. The van der Waals surface area contributed by atoms with Crippen LogP contribution in [0, 0.1) is 0 Å². The number of carbonyl (C=O) groups is 1. The number of aromatic nitrogens is 1. The van der Waals surface area contributed by atoms with Crippen molar-refractivity contribution in [3.8, 4) is 0 Å². The van der Waals surface area contributed by atoms with Crippen LogP contribution >= 0.6 is 11.6 Å². The van der Waals surface area contributed by atoms with Crippen LogP contribution in [-0.4, -0.2) is 17.0 Å². The van der Waals surface area contributed by atoms with Crippen LogP contribution in [0.25, 0.3) is 0 Å². The Morgan fingerprint density at radius 1 is 1.22 bits per heavy atom. The molecule has 1 amide bonds. The molecule has 1 aliphatic carbocycles. The SMILES string of the molecule is O=C(Cn1cc(C(F)(F)F)cc(Cl)c1=O)NCC1(c2ccccc2)CCC1. The number of hydrogen-bond acceptors (Lipinski definition) is 2. The molecule has 1 aromatic carbocycles. The third-order valence-corrected chi connectivity index (χ3v) is 5.28. The van der Waals surface area contributed by atoms with Crippen molar-refractivity contribution in [2.24, 2.45) is 0 Å². The van der Waals surface area contributed by atoms with E-state index in [-0.39, 0.29) is 5.41 Å². The van der Waals surface area contributed by atoms with Crippen molar-refractivity contribution in [3.05, 3.63) is 69.1 Å². The first-order valence-electron chi connectivity index (χ1n) is 8.51. The van der Waals surface area contributed by atoms with E-state index in [2.05, 4.69) is 5.32 Å². The minimum Gasteiger partial charge on any atom is -0.354 e. The number of amides is 1. The summed E-state index contributed by atoms with van der Waals surface area (Å²) in [4.78, 5) is 24.2. The van der Waals surface area contributed by atoms with Crippen LogP contribution in [0.4, 0.5) is 13.2 Å². The summed E-state index contributed by atoms with van der Waals surface area (Å²) in [5, 5.41) is 2.18. The average Bonchev–Trinajstić information content (AvgIpc) is 2.58. The normalized spacial score (nSPS) is 15.9. The molecule has 8 heteroatoms. The van der Waals surface area contributed by atoms with Crippen molar-refractivity contribution in [1.82, 2.24) is 9.88 Å². The Hall–Kier alpha value is -2.28.